The van der Waals surface area contributed by atoms with Crippen molar-refractivity contribution >= 4 is 6.09 Å². The Morgan fingerprint density at radius 1 is 1.24 bits per heavy atom. The number of hydrogen-bond donors (Lipinski definition) is 1. The molecule has 1 N–H and O–H groups in total. The fourth-order valence-corrected chi connectivity index (χ4v) is 3.89. The number of ether oxygens (including phenoxy) is 1. The summed E-state index contributed by atoms with van der Waals surface area (Å²) in [6.45, 7) is 3.86. The van der Waals surface area contributed by atoms with Crippen LogP contribution in [0, 0.1) is 11.6 Å². The number of halogens is 5. The van der Waals surface area contributed by atoms with Crippen molar-refractivity contribution in [2.75, 3.05) is 26.8 Å². The van der Waals surface area contributed by atoms with E-state index in [4.69, 9.17) is 4.74 Å². The Hall–Kier alpha value is -1.94. The van der Waals surface area contributed by atoms with E-state index in [-0.39, 0.29) is 18.7 Å². The van der Waals surface area contributed by atoms with Crippen LogP contribution in [-0.2, 0) is 4.74 Å². The van der Waals surface area contributed by atoms with E-state index in [0.717, 1.165) is 29.0 Å². The number of carbonyl (C=O) groups is 1. The van der Waals surface area contributed by atoms with Crippen molar-refractivity contribution in [2.45, 2.75) is 50.5 Å². The van der Waals surface area contributed by atoms with Crippen LogP contribution in [0.1, 0.15) is 32.3 Å². The van der Waals surface area contributed by atoms with Crippen molar-refractivity contribution in [3.63, 3.8) is 0 Å². The van der Waals surface area contributed by atoms with Gasteiger partial charge in [-0.25, -0.2) is 13.6 Å². The van der Waals surface area contributed by atoms with Crippen LogP contribution in [0.15, 0.2) is 18.2 Å². The molecule has 1 heterocycles. The lowest BCUT2D eigenvalue weighted by atomic mass is 9.90. The number of amides is 1. The highest BCUT2D eigenvalue weighted by Gasteiger charge is 2.51. The van der Waals surface area contributed by atoms with E-state index in [0.29, 0.717) is 0 Å². The predicted octanol–water partition coefficient (Wildman–Crippen LogP) is 4.09. The molecule has 164 valence electrons. The summed E-state index contributed by atoms with van der Waals surface area (Å²) in [4.78, 5) is 14.1. The van der Waals surface area contributed by atoms with Crippen LogP contribution in [0.3, 0.4) is 0 Å². The van der Waals surface area contributed by atoms with E-state index >= 15 is 0 Å². The molecule has 2 rings (SSSR count). The molecule has 0 aromatic heterocycles. The van der Waals surface area contributed by atoms with Gasteiger partial charge in [0, 0.05) is 31.7 Å². The van der Waals surface area contributed by atoms with Crippen molar-refractivity contribution in [1.29, 1.82) is 0 Å². The van der Waals surface area contributed by atoms with E-state index < -0.39 is 54.1 Å². The summed E-state index contributed by atoms with van der Waals surface area (Å²) < 4.78 is 72.6. The zero-order valence-electron chi connectivity index (χ0n) is 16.6. The first kappa shape index (κ1) is 23.3. The second kappa shape index (κ2) is 8.43. The molecule has 1 aromatic carbocycles. The molecule has 1 aliphatic heterocycles. The van der Waals surface area contributed by atoms with E-state index in [2.05, 4.69) is 0 Å². The summed E-state index contributed by atoms with van der Waals surface area (Å²) in [7, 11) is 1.15. The van der Waals surface area contributed by atoms with Crippen LogP contribution in [0.5, 0.6) is 0 Å². The molecule has 1 aromatic rings. The monoisotopic (exact) mass is 424 g/mol. The Kier molecular flexibility index (Phi) is 6.79. The molecule has 3 atom stereocenters. The largest absolute Gasteiger partial charge is 0.465 e. The fourth-order valence-electron chi connectivity index (χ4n) is 3.89. The highest BCUT2D eigenvalue weighted by molar-refractivity contribution is 5.67. The second-order valence-corrected chi connectivity index (χ2v) is 8.14. The summed E-state index contributed by atoms with van der Waals surface area (Å²) in [6.07, 6.45) is -5.90. The molecule has 0 aliphatic carbocycles. The number of rotatable bonds is 5. The molecule has 0 bridgehead atoms. The molecule has 10 heteroatoms. The Bertz CT molecular complexity index is 736. The molecule has 5 nitrogen and oxygen atoms in total. The summed E-state index contributed by atoms with van der Waals surface area (Å²) in [5.41, 5.74) is -0.677. The average molecular weight is 424 g/mol. The number of benzene rings is 1. The number of methoxy groups -OCH3 is 1. The number of carboxylic acid groups (broad SMARTS) is 1. The number of hydrogen-bond acceptors (Lipinski definition) is 3. The van der Waals surface area contributed by atoms with E-state index in [1.807, 2.05) is 0 Å². The maximum Gasteiger partial charge on any atom is 0.408 e. The standard InChI is InChI=1S/C19H25F5N2O3/c1-18(2,3)26(17(27)28)15-9-25(16(10-29-4)19(22,23)24)8-12(15)11-5-6-13(20)14(21)7-11/h5-7,12,15-16H,8-10H2,1-4H3,(H,27,28)/t12-,15+,16?/m0/s1. The quantitative estimate of drug-likeness (QED) is 0.724. The highest BCUT2D eigenvalue weighted by atomic mass is 19.4. The first-order valence-corrected chi connectivity index (χ1v) is 9.04. The maximum atomic E-state index is 13.8. The van der Waals surface area contributed by atoms with Crippen molar-refractivity contribution in [3.8, 4) is 0 Å². The van der Waals surface area contributed by atoms with Gasteiger partial charge in [0.15, 0.2) is 11.6 Å². The molecule has 29 heavy (non-hydrogen) atoms. The minimum atomic E-state index is -4.60. The van der Waals surface area contributed by atoms with Crippen molar-refractivity contribution < 1.29 is 36.6 Å². The first-order chi connectivity index (χ1) is 13.3. The van der Waals surface area contributed by atoms with Crippen molar-refractivity contribution in [3.05, 3.63) is 35.4 Å². The van der Waals surface area contributed by atoms with Crippen molar-refractivity contribution in [2.24, 2.45) is 0 Å². The SMILES string of the molecule is COCC(N1C[C@@H](N(C(=O)O)C(C)(C)C)[C@H](c2ccc(F)c(F)c2)C1)C(F)(F)F. The Balaban J connectivity index is 2.51. The lowest BCUT2D eigenvalue weighted by Gasteiger charge is -2.40. The van der Waals surface area contributed by atoms with Gasteiger partial charge in [0.05, 0.1) is 12.6 Å². The summed E-state index contributed by atoms with van der Waals surface area (Å²) in [5, 5.41) is 9.75. The minimum Gasteiger partial charge on any atom is -0.465 e. The molecule has 1 saturated heterocycles. The van der Waals surface area contributed by atoms with E-state index in [9.17, 15) is 31.9 Å². The average Bonchev–Trinajstić information content (AvgIpc) is 2.96. The summed E-state index contributed by atoms with van der Waals surface area (Å²) >= 11 is 0. The molecular weight excluding hydrogens is 399 g/mol. The topological polar surface area (TPSA) is 53.0 Å². The lowest BCUT2D eigenvalue weighted by Crippen LogP contribution is -2.54. The smallest absolute Gasteiger partial charge is 0.408 e. The van der Waals surface area contributed by atoms with Gasteiger partial charge in [-0.05, 0) is 38.5 Å². The Morgan fingerprint density at radius 3 is 2.31 bits per heavy atom. The van der Waals surface area contributed by atoms with E-state index in [1.165, 1.54) is 6.07 Å². The molecule has 0 spiro atoms. The van der Waals surface area contributed by atoms with Gasteiger partial charge in [-0.1, -0.05) is 6.07 Å². The van der Waals surface area contributed by atoms with Crippen LogP contribution in [0.25, 0.3) is 0 Å². The van der Waals surface area contributed by atoms with Gasteiger partial charge in [0.25, 0.3) is 0 Å². The summed E-state index contributed by atoms with van der Waals surface area (Å²) in [6, 6.07) is 0.252. The molecule has 0 saturated carbocycles. The van der Waals surface area contributed by atoms with Crippen LogP contribution < -0.4 is 0 Å². The highest BCUT2D eigenvalue weighted by Crippen LogP contribution is 2.38. The third kappa shape index (κ3) is 5.16. The molecule has 1 aliphatic rings. The van der Waals surface area contributed by atoms with Gasteiger partial charge in [0.1, 0.15) is 6.04 Å². The molecular formula is C19H25F5N2O3. The van der Waals surface area contributed by atoms with Gasteiger partial charge in [0.2, 0.25) is 0 Å². The van der Waals surface area contributed by atoms with Crippen LogP contribution >= 0.6 is 0 Å². The number of alkyl halides is 3. The third-order valence-electron chi connectivity index (χ3n) is 5.09. The normalized spacial score (nSPS) is 22.0. The zero-order chi connectivity index (χ0) is 22.1. The predicted molar refractivity (Wildman–Crippen MR) is 95.8 cm³/mol. The van der Waals surface area contributed by atoms with Crippen LogP contribution in [0.2, 0.25) is 0 Å². The molecule has 0 radical (unpaired) electrons. The van der Waals surface area contributed by atoms with Crippen LogP contribution in [0.4, 0.5) is 26.7 Å². The molecule has 1 unspecified atom stereocenters. The fraction of sp³-hybridized carbons (Fsp3) is 0.632. The summed E-state index contributed by atoms with van der Waals surface area (Å²) in [5.74, 6) is -3.00. The number of likely N-dealkylation sites (tertiary alicyclic amines) is 1. The van der Waals surface area contributed by atoms with Gasteiger partial charge >= 0.3 is 12.3 Å². The second-order valence-electron chi connectivity index (χ2n) is 8.14. The Labute approximate surface area is 166 Å². The Morgan fingerprint density at radius 2 is 1.86 bits per heavy atom. The van der Waals surface area contributed by atoms with Gasteiger partial charge in [-0.15, -0.1) is 0 Å². The molecule has 1 fully saturated rings. The lowest BCUT2D eigenvalue weighted by molar-refractivity contribution is -0.192. The number of nitrogens with zero attached hydrogens (tertiary/aromatic N) is 2. The third-order valence-corrected chi connectivity index (χ3v) is 5.09. The minimum absolute atomic E-state index is 0.177. The zero-order valence-corrected chi connectivity index (χ0v) is 16.6. The van der Waals surface area contributed by atoms with Gasteiger partial charge < -0.3 is 9.84 Å². The van der Waals surface area contributed by atoms with Gasteiger partial charge in [-0.2, -0.15) is 13.2 Å². The molecule has 1 amide bonds. The van der Waals surface area contributed by atoms with Crippen molar-refractivity contribution in [1.82, 2.24) is 9.80 Å². The maximum absolute atomic E-state index is 13.8. The van der Waals surface area contributed by atoms with E-state index in [1.54, 1.807) is 20.8 Å². The van der Waals surface area contributed by atoms with Gasteiger partial charge in [-0.3, -0.25) is 9.80 Å². The van der Waals surface area contributed by atoms with Crippen LogP contribution in [-0.4, -0.2) is 71.6 Å². The first-order valence-electron chi connectivity index (χ1n) is 9.04.